The lowest BCUT2D eigenvalue weighted by atomic mass is 10.0. The maximum Gasteiger partial charge on any atom is 0.0716 e. The van der Waals surface area contributed by atoms with Gasteiger partial charge in [-0.15, -0.1) is 0 Å². The Bertz CT molecular complexity index is 340. The van der Waals surface area contributed by atoms with Crippen molar-refractivity contribution in [2.45, 2.75) is 32.4 Å². The monoisotopic (exact) mass is 276 g/mol. The van der Waals surface area contributed by atoms with Crippen molar-refractivity contribution in [1.29, 1.82) is 0 Å². The zero-order chi connectivity index (χ0) is 12.8. The summed E-state index contributed by atoms with van der Waals surface area (Å²) in [6, 6.07) is 5.45. The molecule has 0 aliphatic heterocycles. The molecule has 0 heterocycles. The van der Waals surface area contributed by atoms with E-state index in [-0.39, 0.29) is 12.1 Å². The highest BCUT2D eigenvalue weighted by atomic mass is 35.5. The quantitative estimate of drug-likeness (QED) is 0.621. The Morgan fingerprint density at radius 2 is 1.94 bits per heavy atom. The summed E-state index contributed by atoms with van der Waals surface area (Å²) in [4.78, 5) is 0. The van der Waals surface area contributed by atoms with Crippen molar-refractivity contribution < 1.29 is 4.74 Å². The first kappa shape index (κ1) is 14.7. The van der Waals surface area contributed by atoms with E-state index in [0.29, 0.717) is 23.1 Å². The summed E-state index contributed by atoms with van der Waals surface area (Å²) in [5.74, 6) is 5.54. The van der Waals surface area contributed by atoms with Crippen LogP contribution in [0.2, 0.25) is 10.0 Å². The van der Waals surface area contributed by atoms with Crippen LogP contribution >= 0.6 is 23.2 Å². The Hall–Kier alpha value is -0.320. The minimum atomic E-state index is -0.0210. The molecule has 2 atom stereocenters. The van der Waals surface area contributed by atoms with Gasteiger partial charge in [-0.25, -0.2) is 0 Å². The van der Waals surface area contributed by atoms with Crippen molar-refractivity contribution >= 4 is 23.2 Å². The third-order valence-corrected chi connectivity index (χ3v) is 3.40. The van der Waals surface area contributed by atoms with E-state index in [1.807, 2.05) is 32.0 Å². The third-order valence-electron chi connectivity index (χ3n) is 2.70. The number of hydrogen-bond acceptors (Lipinski definition) is 3. The molecular formula is C12H18Cl2N2O. The fourth-order valence-corrected chi connectivity index (χ4v) is 2.24. The molecule has 1 rings (SSSR count). The third kappa shape index (κ3) is 4.12. The van der Waals surface area contributed by atoms with Crippen LogP contribution in [0.3, 0.4) is 0 Å². The molecule has 0 fully saturated rings. The first-order valence-corrected chi connectivity index (χ1v) is 6.36. The van der Waals surface area contributed by atoms with E-state index in [4.69, 9.17) is 33.8 Å². The second-order valence-corrected chi connectivity index (χ2v) is 4.65. The SMILES string of the molecule is CCOC(C)C(Cc1c(Cl)cccc1Cl)NN. The van der Waals surface area contributed by atoms with Crippen LogP contribution in [0.15, 0.2) is 18.2 Å². The molecule has 5 heteroatoms. The fraction of sp³-hybridized carbons (Fsp3) is 0.500. The van der Waals surface area contributed by atoms with Gasteiger partial charge in [0, 0.05) is 16.7 Å². The summed E-state index contributed by atoms with van der Waals surface area (Å²) in [5.41, 5.74) is 3.64. The Kier molecular flexibility index (Phi) is 6.23. The van der Waals surface area contributed by atoms with Crippen molar-refractivity contribution in [3.05, 3.63) is 33.8 Å². The molecule has 0 bridgehead atoms. The number of benzene rings is 1. The van der Waals surface area contributed by atoms with Gasteiger partial charge < -0.3 is 4.74 Å². The van der Waals surface area contributed by atoms with Crippen molar-refractivity contribution in [2.24, 2.45) is 5.84 Å². The molecule has 17 heavy (non-hydrogen) atoms. The maximum atomic E-state index is 6.12. The van der Waals surface area contributed by atoms with Crippen LogP contribution in [0.4, 0.5) is 0 Å². The standard InChI is InChI=1S/C12H18Cl2N2O/c1-3-17-8(2)12(16-15)7-9-10(13)5-4-6-11(9)14/h4-6,8,12,16H,3,7,15H2,1-2H3. The van der Waals surface area contributed by atoms with Crippen molar-refractivity contribution in [1.82, 2.24) is 5.43 Å². The zero-order valence-corrected chi connectivity index (χ0v) is 11.6. The number of hydrogen-bond donors (Lipinski definition) is 2. The largest absolute Gasteiger partial charge is 0.377 e. The number of rotatable bonds is 6. The van der Waals surface area contributed by atoms with E-state index in [1.54, 1.807) is 0 Å². The van der Waals surface area contributed by atoms with E-state index in [9.17, 15) is 0 Å². The molecule has 0 saturated carbocycles. The van der Waals surface area contributed by atoms with Gasteiger partial charge >= 0.3 is 0 Å². The van der Waals surface area contributed by atoms with Gasteiger partial charge in [-0.3, -0.25) is 11.3 Å². The molecule has 3 N–H and O–H groups in total. The van der Waals surface area contributed by atoms with Crippen LogP contribution in [-0.4, -0.2) is 18.8 Å². The molecule has 0 aliphatic carbocycles. The fourth-order valence-electron chi connectivity index (χ4n) is 1.69. The maximum absolute atomic E-state index is 6.12. The zero-order valence-electron chi connectivity index (χ0n) is 10.0. The summed E-state index contributed by atoms with van der Waals surface area (Å²) in [5, 5.41) is 1.31. The minimum Gasteiger partial charge on any atom is -0.377 e. The molecule has 96 valence electrons. The molecule has 0 amide bonds. The van der Waals surface area contributed by atoms with E-state index in [1.165, 1.54) is 0 Å². The smallest absolute Gasteiger partial charge is 0.0716 e. The first-order valence-electron chi connectivity index (χ1n) is 5.60. The van der Waals surface area contributed by atoms with Crippen LogP contribution < -0.4 is 11.3 Å². The molecule has 0 aliphatic rings. The lowest BCUT2D eigenvalue weighted by Crippen LogP contribution is -2.45. The Morgan fingerprint density at radius 1 is 1.35 bits per heavy atom. The Labute approximate surface area is 112 Å². The van der Waals surface area contributed by atoms with Gasteiger partial charge in [0.2, 0.25) is 0 Å². The molecule has 0 spiro atoms. The molecule has 2 unspecified atom stereocenters. The highest BCUT2D eigenvalue weighted by molar-refractivity contribution is 6.36. The molecule has 0 aromatic heterocycles. The molecule has 1 aromatic carbocycles. The van der Waals surface area contributed by atoms with Crippen LogP contribution in [0.1, 0.15) is 19.4 Å². The summed E-state index contributed by atoms with van der Waals surface area (Å²) in [6.07, 6.45) is 0.633. The van der Waals surface area contributed by atoms with Gasteiger partial charge in [-0.05, 0) is 38.0 Å². The normalized spacial score (nSPS) is 14.6. The van der Waals surface area contributed by atoms with Crippen LogP contribution in [0.25, 0.3) is 0 Å². The molecular weight excluding hydrogens is 259 g/mol. The van der Waals surface area contributed by atoms with Gasteiger partial charge in [-0.2, -0.15) is 0 Å². The molecule has 0 saturated heterocycles. The number of hydrazine groups is 1. The Balaban J connectivity index is 2.80. The average Bonchev–Trinajstić information content (AvgIpc) is 2.29. The highest BCUT2D eigenvalue weighted by Crippen LogP contribution is 2.26. The van der Waals surface area contributed by atoms with Gasteiger partial charge in [0.25, 0.3) is 0 Å². The number of halogens is 2. The van der Waals surface area contributed by atoms with Crippen molar-refractivity contribution in [2.75, 3.05) is 6.61 Å². The number of ether oxygens (including phenoxy) is 1. The molecule has 0 radical (unpaired) electrons. The predicted molar refractivity (Wildman–Crippen MR) is 72.4 cm³/mol. The van der Waals surface area contributed by atoms with Gasteiger partial charge in [-0.1, -0.05) is 29.3 Å². The van der Waals surface area contributed by atoms with E-state index in [0.717, 1.165) is 5.56 Å². The van der Waals surface area contributed by atoms with E-state index < -0.39 is 0 Å². The second kappa shape index (κ2) is 7.19. The highest BCUT2D eigenvalue weighted by Gasteiger charge is 2.19. The predicted octanol–water partition coefficient (Wildman–Crippen LogP) is 2.79. The number of nitrogens with two attached hydrogens (primary N) is 1. The second-order valence-electron chi connectivity index (χ2n) is 3.84. The minimum absolute atomic E-state index is 0.00246. The lowest BCUT2D eigenvalue weighted by molar-refractivity contribution is 0.0476. The first-order chi connectivity index (χ1) is 8.10. The van der Waals surface area contributed by atoms with Gasteiger partial charge in [0.15, 0.2) is 0 Å². The average molecular weight is 277 g/mol. The summed E-state index contributed by atoms with van der Waals surface area (Å²) in [6.45, 7) is 4.57. The summed E-state index contributed by atoms with van der Waals surface area (Å²) >= 11 is 12.2. The topological polar surface area (TPSA) is 47.3 Å². The van der Waals surface area contributed by atoms with Crippen LogP contribution in [0, 0.1) is 0 Å². The van der Waals surface area contributed by atoms with Gasteiger partial charge in [0.1, 0.15) is 0 Å². The van der Waals surface area contributed by atoms with Gasteiger partial charge in [0.05, 0.1) is 12.1 Å². The molecule has 1 aromatic rings. The van der Waals surface area contributed by atoms with E-state index >= 15 is 0 Å². The van der Waals surface area contributed by atoms with Crippen molar-refractivity contribution in [3.63, 3.8) is 0 Å². The van der Waals surface area contributed by atoms with Crippen LogP contribution in [0.5, 0.6) is 0 Å². The molecule has 3 nitrogen and oxygen atoms in total. The number of nitrogens with one attached hydrogen (secondary N) is 1. The summed E-state index contributed by atoms with van der Waals surface area (Å²) in [7, 11) is 0. The Morgan fingerprint density at radius 3 is 2.41 bits per heavy atom. The van der Waals surface area contributed by atoms with Crippen LogP contribution in [-0.2, 0) is 11.2 Å². The summed E-state index contributed by atoms with van der Waals surface area (Å²) < 4.78 is 5.52. The van der Waals surface area contributed by atoms with E-state index in [2.05, 4.69) is 5.43 Å². The lowest BCUT2D eigenvalue weighted by Gasteiger charge is -2.24. The van der Waals surface area contributed by atoms with Crippen molar-refractivity contribution in [3.8, 4) is 0 Å².